The molecular formula is C13H17ClN2O4. The highest BCUT2D eigenvalue weighted by Gasteiger charge is 2.34. The number of aromatic nitrogens is 1. The summed E-state index contributed by atoms with van der Waals surface area (Å²) in [6.45, 7) is 3.25. The minimum atomic E-state index is -0.985. The fourth-order valence-corrected chi connectivity index (χ4v) is 2.58. The Labute approximate surface area is 121 Å². The summed E-state index contributed by atoms with van der Waals surface area (Å²) in [6.07, 6.45) is 1.49. The lowest BCUT2D eigenvalue weighted by Crippen LogP contribution is -2.36. The molecule has 2 N–H and O–H groups in total. The lowest BCUT2D eigenvalue weighted by molar-refractivity contribution is -0.149. The second-order valence-corrected chi connectivity index (χ2v) is 5.15. The molecule has 0 bridgehead atoms. The van der Waals surface area contributed by atoms with Gasteiger partial charge >= 0.3 is 5.97 Å². The monoisotopic (exact) mass is 300 g/mol. The van der Waals surface area contributed by atoms with Gasteiger partial charge in [0.15, 0.2) is 6.10 Å². The number of rotatable bonds is 5. The highest BCUT2D eigenvalue weighted by molar-refractivity contribution is 6.31. The van der Waals surface area contributed by atoms with Crippen molar-refractivity contribution < 1.29 is 19.4 Å². The maximum atomic E-state index is 12.1. The molecule has 1 aromatic rings. The quantitative estimate of drug-likeness (QED) is 0.861. The zero-order chi connectivity index (χ0) is 14.7. The number of aliphatic carboxylic acids is 1. The van der Waals surface area contributed by atoms with E-state index in [-0.39, 0.29) is 18.4 Å². The number of carboxylic acid groups (broad SMARTS) is 1. The van der Waals surface area contributed by atoms with Gasteiger partial charge < -0.3 is 19.7 Å². The van der Waals surface area contributed by atoms with Gasteiger partial charge in [-0.15, -0.1) is 0 Å². The summed E-state index contributed by atoms with van der Waals surface area (Å²) >= 11 is 5.88. The van der Waals surface area contributed by atoms with Crippen molar-refractivity contribution in [1.29, 1.82) is 0 Å². The van der Waals surface area contributed by atoms with E-state index in [0.29, 0.717) is 30.3 Å². The second-order valence-electron chi connectivity index (χ2n) is 4.72. The average molecular weight is 301 g/mol. The first-order valence-electron chi connectivity index (χ1n) is 6.51. The SMILES string of the molecule is CCn1cc(Cl)cc1C(=O)NC[C@@H]1CCO[C@@H]1C(=O)O. The summed E-state index contributed by atoms with van der Waals surface area (Å²) in [7, 11) is 0. The molecule has 0 unspecified atom stereocenters. The number of carbonyl (C=O) groups is 2. The van der Waals surface area contributed by atoms with Crippen LogP contribution in [-0.4, -0.2) is 40.8 Å². The Balaban J connectivity index is 1.96. The number of nitrogens with one attached hydrogen (secondary N) is 1. The van der Waals surface area contributed by atoms with Crippen molar-refractivity contribution in [3.63, 3.8) is 0 Å². The smallest absolute Gasteiger partial charge is 0.333 e. The van der Waals surface area contributed by atoms with Crippen LogP contribution in [0.2, 0.25) is 5.02 Å². The molecule has 1 aliphatic rings. The average Bonchev–Trinajstić information content (AvgIpc) is 3.01. The first kappa shape index (κ1) is 14.9. The molecule has 20 heavy (non-hydrogen) atoms. The maximum Gasteiger partial charge on any atom is 0.333 e. The summed E-state index contributed by atoms with van der Waals surface area (Å²) < 4.78 is 6.88. The van der Waals surface area contributed by atoms with Crippen molar-refractivity contribution in [3.8, 4) is 0 Å². The largest absolute Gasteiger partial charge is 0.479 e. The molecule has 7 heteroatoms. The molecule has 2 heterocycles. The molecule has 0 aliphatic carbocycles. The molecule has 1 saturated heterocycles. The summed E-state index contributed by atoms with van der Waals surface area (Å²) in [5.41, 5.74) is 0.475. The molecule has 0 radical (unpaired) electrons. The minimum Gasteiger partial charge on any atom is -0.479 e. The molecular weight excluding hydrogens is 284 g/mol. The van der Waals surface area contributed by atoms with E-state index in [2.05, 4.69) is 5.32 Å². The Morgan fingerprint density at radius 1 is 1.60 bits per heavy atom. The molecule has 0 aromatic carbocycles. The van der Waals surface area contributed by atoms with Crippen molar-refractivity contribution in [1.82, 2.24) is 9.88 Å². The Bertz CT molecular complexity index is 514. The van der Waals surface area contributed by atoms with Gasteiger partial charge in [0.25, 0.3) is 5.91 Å². The maximum absolute atomic E-state index is 12.1. The zero-order valence-electron chi connectivity index (χ0n) is 11.1. The predicted octanol–water partition coefficient (Wildman–Crippen LogP) is 1.38. The van der Waals surface area contributed by atoms with E-state index < -0.39 is 12.1 Å². The van der Waals surface area contributed by atoms with Crippen LogP contribution >= 0.6 is 11.6 Å². The highest BCUT2D eigenvalue weighted by Crippen LogP contribution is 2.21. The van der Waals surface area contributed by atoms with Gasteiger partial charge in [-0.05, 0) is 19.4 Å². The van der Waals surface area contributed by atoms with Gasteiger partial charge in [-0.2, -0.15) is 0 Å². The normalized spacial score (nSPS) is 21.9. The number of hydrogen-bond donors (Lipinski definition) is 2. The lowest BCUT2D eigenvalue weighted by Gasteiger charge is -2.15. The summed E-state index contributed by atoms with van der Waals surface area (Å²) in [4.78, 5) is 23.1. The number of ether oxygens (including phenoxy) is 1. The van der Waals surface area contributed by atoms with Crippen LogP contribution in [0.4, 0.5) is 0 Å². The number of aryl methyl sites for hydroxylation is 1. The number of carbonyl (C=O) groups excluding carboxylic acids is 1. The number of carboxylic acids is 1. The van der Waals surface area contributed by atoms with Gasteiger partial charge in [0.1, 0.15) is 5.69 Å². The zero-order valence-corrected chi connectivity index (χ0v) is 11.9. The third-order valence-corrected chi connectivity index (χ3v) is 3.63. The van der Waals surface area contributed by atoms with Crippen LogP contribution in [0, 0.1) is 5.92 Å². The Hall–Kier alpha value is -1.53. The standard InChI is InChI=1S/C13H17ClN2O4/c1-2-16-7-9(14)5-10(16)12(17)15-6-8-3-4-20-11(8)13(18)19/h5,7-8,11H,2-4,6H2,1H3,(H,15,17)(H,18,19)/t8-,11-/m0/s1. The topological polar surface area (TPSA) is 80.6 Å². The summed E-state index contributed by atoms with van der Waals surface area (Å²) in [5, 5.41) is 12.2. The van der Waals surface area contributed by atoms with E-state index in [4.69, 9.17) is 21.4 Å². The van der Waals surface area contributed by atoms with Crippen molar-refractivity contribution in [2.75, 3.05) is 13.2 Å². The Morgan fingerprint density at radius 3 is 3.00 bits per heavy atom. The first-order chi connectivity index (χ1) is 9.52. The van der Waals surface area contributed by atoms with E-state index >= 15 is 0 Å². The molecule has 0 saturated carbocycles. The van der Waals surface area contributed by atoms with Gasteiger partial charge in [-0.25, -0.2) is 4.79 Å². The highest BCUT2D eigenvalue weighted by atomic mass is 35.5. The molecule has 1 amide bonds. The van der Waals surface area contributed by atoms with Crippen molar-refractivity contribution in [2.24, 2.45) is 5.92 Å². The molecule has 6 nitrogen and oxygen atoms in total. The van der Waals surface area contributed by atoms with Crippen LogP contribution in [0.3, 0.4) is 0 Å². The number of halogens is 1. The van der Waals surface area contributed by atoms with Crippen LogP contribution in [-0.2, 0) is 16.1 Å². The van der Waals surface area contributed by atoms with Gasteiger partial charge in [0.05, 0.1) is 5.02 Å². The van der Waals surface area contributed by atoms with Crippen LogP contribution in [0.15, 0.2) is 12.3 Å². The Kier molecular flexibility index (Phi) is 4.67. The lowest BCUT2D eigenvalue weighted by atomic mass is 10.0. The number of hydrogen-bond acceptors (Lipinski definition) is 3. The first-order valence-corrected chi connectivity index (χ1v) is 6.89. The van der Waals surface area contributed by atoms with Crippen molar-refractivity contribution >= 4 is 23.5 Å². The third-order valence-electron chi connectivity index (χ3n) is 3.42. The van der Waals surface area contributed by atoms with Crippen LogP contribution in [0.25, 0.3) is 0 Å². The van der Waals surface area contributed by atoms with Crippen molar-refractivity contribution in [2.45, 2.75) is 26.0 Å². The molecule has 1 fully saturated rings. The molecule has 1 aliphatic heterocycles. The van der Waals surface area contributed by atoms with E-state index in [0.717, 1.165) is 0 Å². The fraction of sp³-hybridized carbons (Fsp3) is 0.538. The van der Waals surface area contributed by atoms with Gasteiger partial charge in [-0.1, -0.05) is 11.6 Å². The van der Waals surface area contributed by atoms with Gasteiger partial charge in [0, 0.05) is 31.8 Å². The van der Waals surface area contributed by atoms with Gasteiger partial charge in [-0.3, -0.25) is 4.79 Å². The number of nitrogens with zero attached hydrogens (tertiary/aromatic N) is 1. The fourth-order valence-electron chi connectivity index (χ4n) is 2.36. The van der Waals surface area contributed by atoms with Gasteiger partial charge in [0.2, 0.25) is 0 Å². The predicted molar refractivity (Wildman–Crippen MR) is 72.9 cm³/mol. The minimum absolute atomic E-state index is 0.197. The summed E-state index contributed by atoms with van der Waals surface area (Å²) in [6, 6.07) is 1.60. The number of amides is 1. The van der Waals surface area contributed by atoms with E-state index in [9.17, 15) is 9.59 Å². The second kappa shape index (κ2) is 6.28. The molecule has 1 aromatic heterocycles. The third kappa shape index (κ3) is 3.13. The van der Waals surface area contributed by atoms with E-state index in [1.165, 1.54) is 0 Å². The molecule has 110 valence electrons. The van der Waals surface area contributed by atoms with Crippen molar-refractivity contribution in [3.05, 3.63) is 23.0 Å². The Morgan fingerprint density at radius 2 is 2.35 bits per heavy atom. The molecule has 2 rings (SSSR count). The summed E-state index contributed by atoms with van der Waals surface area (Å²) in [5.74, 6) is -1.44. The van der Waals surface area contributed by atoms with Crippen LogP contribution in [0.1, 0.15) is 23.8 Å². The van der Waals surface area contributed by atoms with Crippen LogP contribution < -0.4 is 5.32 Å². The van der Waals surface area contributed by atoms with Crippen LogP contribution in [0.5, 0.6) is 0 Å². The van der Waals surface area contributed by atoms with E-state index in [1.807, 2.05) is 6.92 Å². The van der Waals surface area contributed by atoms with E-state index in [1.54, 1.807) is 16.8 Å². The molecule has 2 atom stereocenters. The molecule has 0 spiro atoms.